The standard InChI is InChI=1S/C23H29FN4O6/c1-23(2,3)34-22(32)27-11-9-13(10-12-27)33-19-14(24)5-6-15-18(19)26(4)21(31)28(15)16-7-8-17(29)25-20(16)30/h5-6,13,16H,7-12H2,1-4H3,(H,25,29,30). The number of aryl methyl sites for hydroxylation is 1. The van der Waals surface area contributed by atoms with Crippen LogP contribution < -0.4 is 15.7 Å². The van der Waals surface area contributed by atoms with Gasteiger partial charge < -0.3 is 14.4 Å². The van der Waals surface area contributed by atoms with Gasteiger partial charge in [-0.2, -0.15) is 0 Å². The maximum Gasteiger partial charge on any atom is 0.410 e. The van der Waals surface area contributed by atoms with Crippen molar-refractivity contribution in [1.82, 2.24) is 19.4 Å². The molecule has 2 fully saturated rings. The number of hydrogen-bond donors (Lipinski definition) is 1. The monoisotopic (exact) mass is 476 g/mol. The van der Waals surface area contributed by atoms with Crippen molar-refractivity contribution in [2.24, 2.45) is 7.05 Å². The molecule has 34 heavy (non-hydrogen) atoms. The van der Waals surface area contributed by atoms with Gasteiger partial charge in [0.25, 0.3) is 0 Å². The van der Waals surface area contributed by atoms with Gasteiger partial charge in [-0.25, -0.2) is 14.0 Å². The van der Waals surface area contributed by atoms with E-state index in [1.54, 1.807) is 25.7 Å². The first-order valence-corrected chi connectivity index (χ1v) is 11.3. The van der Waals surface area contributed by atoms with Gasteiger partial charge in [0.2, 0.25) is 11.8 Å². The van der Waals surface area contributed by atoms with Crippen molar-refractivity contribution in [2.45, 2.75) is 64.2 Å². The third kappa shape index (κ3) is 4.51. The van der Waals surface area contributed by atoms with E-state index >= 15 is 0 Å². The van der Waals surface area contributed by atoms with E-state index in [4.69, 9.17) is 9.47 Å². The second-order valence-corrected chi connectivity index (χ2v) is 9.71. The van der Waals surface area contributed by atoms with Gasteiger partial charge in [-0.1, -0.05) is 0 Å². The number of aromatic nitrogens is 2. The van der Waals surface area contributed by atoms with Crippen LogP contribution in [0, 0.1) is 5.82 Å². The molecule has 4 rings (SSSR count). The summed E-state index contributed by atoms with van der Waals surface area (Å²) in [5, 5.41) is 2.25. The number of amides is 3. The Morgan fingerprint density at radius 1 is 1.12 bits per heavy atom. The molecule has 10 nitrogen and oxygen atoms in total. The van der Waals surface area contributed by atoms with Crippen LogP contribution in [0.15, 0.2) is 16.9 Å². The molecule has 0 radical (unpaired) electrons. The van der Waals surface area contributed by atoms with E-state index in [-0.39, 0.29) is 36.1 Å². The molecule has 3 amide bonds. The molecule has 0 spiro atoms. The number of nitrogens with zero attached hydrogens (tertiary/aromatic N) is 3. The zero-order valence-electron chi connectivity index (χ0n) is 19.7. The highest BCUT2D eigenvalue weighted by Crippen LogP contribution is 2.33. The first kappa shape index (κ1) is 23.8. The second-order valence-electron chi connectivity index (χ2n) is 9.71. The number of hydrogen-bond acceptors (Lipinski definition) is 6. The smallest absolute Gasteiger partial charge is 0.410 e. The Labute approximate surface area is 195 Å². The molecule has 1 aromatic carbocycles. The minimum absolute atomic E-state index is 0.0705. The molecule has 1 unspecified atom stereocenters. The third-order valence-electron chi connectivity index (χ3n) is 6.05. The number of fused-ring (bicyclic) bond motifs is 1. The highest BCUT2D eigenvalue weighted by atomic mass is 19.1. The molecule has 2 aliphatic rings. The number of rotatable bonds is 3. The Hall–Kier alpha value is -3.37. The Bertz CT molecular complexity index is 1200. The van der Waals surface area contributed by atoms with Crippen molar-refractivity contribution in [2.75, 3.05) is 13.1 Å². The first-order valence-electron chi connectivity index (χ1n) is 11.3. The summed E-state index contributed by atoms with van der Waals surface area (Å²) >= 11 is 0. The molecule has 1 atom stereocenters. The van der Waals surface area contributed by atoms with Crippen molar-refractivity contribution in [1.29, 1.82) is 0 Å². The van der Waals surface area contributed by atoms with Crippen LogP contribution in [0.3, 0.4) is 0 Å². The largest absolute Gasteiger partial charge is 0.485 e. The molecule has 2 aliphatic heterocycles. The fraction of sp³-hybridized carbons (Fsp3) is 0.565. The molecule has 184 valence electrons. The molecule has 3 heterocycles. The van der Waals surface area contributed by atoms with Gasteiger partial charge in [-0.3, -0.25) is 24.0 Å². The zero-order chi connectivity index (χ0) is 24.8. The zero-order valence-corrected chi connectivity index (χ0v) is 19.7. The third-order valence-corrected chi connectivity index (χ3v) is 6.05. The van der Waals surface area contributed by atoms with Crippen LogP contribution in [0.5, 0.6) is 5.75 Å². The number of imidazole rings is 1. The Morgan fingerprint density at radius 3 is 2.41 bits per heavy atom. The number of imide groups is 1. The van der Waals surface area contributed by atoms with E-state index in [9.17, 15) is 23.6 Å². The summed E-state index contributed by atoms with van der Waals surface area (Å²) < 4.78 is 28.9. The van der Waals surface area contributed by atoms with Gasteiger partial charge in [0, 0.05) is 39.4 Å². The van der Waals surface area contributed by atoms with Gasteiger partial charge in [-0.15, -0.1) is 0 Å². The van der Waals surface area contributed by atoms with E-state index in [1.807, 2.05) is 0 Å². The maximum absolute atomic E-state index is 14.9. The molecule has 0 saturated carbocycles. The maximum atomic E-state index is 14.9. The average molecular weight is 477 g/mol. The van der Waals surface area contributed by atoms with Crippen molar-refractivity contribution in [3.63, 3.8) is 0 Å². The summed E-state index contributed by atoms with van der Waals surface area (Å²) in [6, 6.07) is 1.77. The highest BCUT2D eigenvalue weighted by Gasteiger charge is 2.33. The lowest BCUT2D eigenvalue weighted by Gasteiger charge is -2.33. The topological polar surface area (TPSA) is 112 Å². The van der Waals surface area contributed by atoms with Crippen molar-refractivity contribution in [3.05, 3.63) is 28.4 Å². The molecule has 0 bridgehead atoms. The summed E-state index contributed by atoms with van der Waals surface area (Å²) in [6.45, 7) is 6.20. The molecular formula is C23H29FN4O6. The van der Waals surface area contributed by atoms with Crippen molar-refractivity contribution < 1.29 is 28.2 Å². The van der Waals surface area contributed by atoms with E-state index in [2.05, 4.69) is 5.32 Å². The second kappa shape index (κ2) is 8.77. The lowest BCUT2D eigenvalue weighted by Crippen LogP contribution is -2.44. The molecule has 1 aromatic heterocycles. The molecule has 11 heteroatoms. The minimum atomic E-state index is -0.871. The number of piperidine rings is 2. The van der Waals surface area contributed by atoms with E-state index in [0.717, 1.165) is 0 Å². The fourth-order valence-electron chi connectivity index (χ4n) is 4.41. The minimum Gasteiger partial charge on any atom is -0.485 e. The molecule has 0 aliphatic carbocycles. The normalized spacial score (nSPS) is 19.9. The van der Waals surface area contributed by atoms with Crippen LogP contribution in [0.4, 0.5) is 9.18 Å². The number of benzene rings is 1. The Kier molecular flexibility index (Phi) is 6.13. The summed E-state index contributed by atoms with van der Waals surface area (Å²) in [4.78, 5) is 50.9. The average Bonchev–Trinajstić information content (AvgIpc) is 3.00. The van der Waals surface area contributed by atoms with Gasteiger partial charge in [0.05, 0.1) is 5.52 Å². The van der Waals surface area contributed by atoms with E-state index in [0.29, 0.717) is 31.4 Å². The predicted molar refractivity (Wildman–Crippen MR) is 120 cm³/mol. The predicted octanol–water partition coefficient (Wildman–Crippen LogP) is 2.24. The summed E-state index contributed by atoms with van der Waals surface area (Å²) in [5.74, 6) is -1.65. The SMILES string of the molecule is Cn1c(=O)n(C2CCC(=O)NC2=O)c2ccc(F)c(OC3CCN(C(=O)OC(C)(C)C)CC3)c21. The molecule has 1 N–H and O–H groups in total. The summed E-state index contributed by atoms with van der Waals surface area (Å²) in [7, 11) is 1.49. The van der Waals surface area contributed by atoms with E-state index in [1.165, 1.54) is 28.3 Å². The molecule has 2 saturated heterocycles. The van der Waals surface area contributed by atoms with Gasteiger partial charge in [0.15, 0.2) is 11.6 Å². The van der Waals surface area contributed by atoms with Crippen LogP contribution >= 0.6 is 0 Å². The Balaban J connectivity index is 1.58. The Morgan fingerprint density at radius 2 is 1.79 bits per heavy atom. The quantitative estimate of drug-likeness (QED) is 0.680. The fourth-order valence-corrected chi connectivity index (χ4v) is 4.41. The number of halogens is 1. The number of carbonyl (C=O) groups excluding carboxylic acids is 3. The summed E-state index contributed by atoms with van der Waals surface area (Å²) in [5.41, 5.74) is -0.502. The number of likely N-dealkylation sites (tertiary alicyclic amines) is 1. The molecular weight excluding hydrogens is 447 g/mol. The van der Waals surface area contributed by atoms with Gasteiger partial charge in [0.1, 0.15) is 23.3 Å². The van der Waals surface area contributed by atoms with Crippen LogP contribution in [0.25, 0.3) is 11.0 Å². The summed E-state index contributed by atoms with van der Waals surface area (Å²) in [6.07, 6.45) is 0.462. The van der Waals surface area contributed by atoms with Crippen LogP contribution in [-0.4, -0.2) is 56.7 Å². The number of nitrogens with one attached hydrogen (secondary N) is 1. The number of carbonyl (C=O) groups is 3. The number of ether oxygens (including phenoxy) is 2. The lowest BCUT2D eigenvalue weighted by atomic mass is 10.1. The van der Waals surface area contributed by atoms with Crippen molar-refractivity contribution in [3.8, 4) is 5.75 Å². The van der Waals surface area contributed by atoms with Crippen LogP contribution in [0.2, 0.25) is 0 Å². The van der Waals surface area contributed by atoms with Crippen molar-refractivity contribution >= 4 is 28.9 Å². The highest BCUT2D eigenvalue weighted by molar-refractivity contribution is 6.00. The first-order chi connectivity index (χ1) is 16.0. The van der Waals surface area contributed by atoms with Crippen LogP contribution in [-0.2, 0) is 21.4 Å². The van der Waals surface area contributed by atoms with E-state index < -0.39 is 35.2 Å². The van der Waals surface area contributed by atoms with Crippen LogP contribution in [0.1, 0.15) is 52.5 Å². The molecule has 2 aromatic rings. The van der Waals surface area contributed by atoms with Gasteiger partial charge in [-0.05, 0) is 39.3 Å². The van der Waals surface area contributed by atoms with Gasteiger partial charge >= 0.3 is 11.8 Å². The lowest BCUT2D eigenvalue weighted by molar-refractivity contribution is -0.135.